The highest BCUT2D eigenvalue weighted by Gasteiger charge is 2.17. The zero-order chi connectivity index (χ0) is 8.93. The van der Waals surface area contributed by atoms with Crippen LogP contribution in [0.15, 0.2) is 0 Å². The molecule has 0 aromatic carbocycles. The standard InChI is InChI=1S/C9H18N2OS/c1-2-9(8-13-7-1)10-11-3-5-12-6-4-11/h9-10H,1-8H2. The maximum Gasteiger partial charge on any atom is 0.0608 e. The van der Waals surface area contributed by atoms with Gasteiger partial charge in [-0.2, -0.15) is 11.8 Å². The first-order chi connectivity index (χ1) is 6.45. The molecule has 13 heavy (non-hydrogen) atoms. The van der Waals surface area contributed by atoms with E-state index in [9.17, 15) is 0 Å². The van der Waals surface area contributed by atoms with Crippen LogP contribution in [-0.2, 0) is 4.74 Å². The molecule has 3 nitrogen and oxygen atoms in total. The van der Waals surface area contributed by atoms with E-state index >= 15 is 0 Å². The second-order valence-corrected chi connectivity index (χ2v) is 4.79. The van der Waals surface area contributed by atoms with Gasteiger partial charge in [0, 0.05) is 24.9 Å². The number of nitrogens with zero attached hydrogens (tertiary/aromatic N) is 1. The van der Waals surface area contributed by atoms with Crippen molar-refractivity contribution in [1.29, 1.82) is 0 Å². The van der Waals surface area contributed by atoms with Crippen molar-refractivity contribution in [3.8, 4) is 0 Å². The van der Waals surface area contributed by atoms with Crippen LogP contribution in [0.1, 0.15) is 12.8 Å². The lowest BCUT2D eigenvalue weighted by atomic mass is 10.2. The van der Waals surface area contributed by atoms with E-state index in [0.717, 1.165) is 26.3 Å². The van der Waals surface area contributed by atoms with Crippen LogP contribution in [0.2, 0.25) is 0 Å². The first-order valence-corrected chi connectivity index (χ1v) is 6.27. The minimum Gasteiger partial charge on any atom is -0.379 e. The van der Waals surface area contributed by atoms with Crippen molar-refractivity contribution in [3.05, 3.63) is 0 Å². The monoisotopic (exact) mass is 202 g/mol. The van der Waals surface area contributed by atoms with Gasteiger partial charge in [-0.15, -0.1) is 0 Å². The molecule has 1 unspecified atom stereocenters. The van der Waals surface area contributed by atoms with E-state index in [1.165, 1.54) is 24.3 Å². The van der Waals surface area contributed by atoms with Crippen molar-refractivity contribution in [1.82, 2.24) is 10.4 Å². The molecule has 2 fully saturated rings. The fraction of sp³-hybridized carbons (Fsp3) is 1.00. The van der Waals surface area contributed by atoms with Crippen LogP contribution < -0.4 is 5.43 Å². The fourth-order valence-corrected chi connectivity index (χ4v) is 2.86. The number of hydrazine groups is 1. The Hall–Kier alpha value is 0.230. The quantitative estimate of drug-likeness (QED) is 0.713. The molecular formula is C9H18N2OS. The third-order valence-electron chi connectivity index (χ3n) is 2.54. The Morgan fingerprint density at radius 3 is 2.85 bits per heavy atom. The number of morpholine rings is 1. The summed E-state index contributed by atoms with van der Waals surface area (Å²) in [5.41, 5.74) is 3.59. The molecule has 0 aromatic heterocycles. The zero-order valence-corrected chi connectivity index (χ0v) is 8.81. The Morgan fingerprint density at radius 1 is 1.31 bits per heavy atom. The summed E-state index contributed by atoms with van der Waals surface area (Å²) in [6.07, 6.45) is 2.71. The van der Waals surface area contributed by atoms with Gasteiger partial charge in [0.25, 0.3) is 0 Å². The molecule has 1 atom stereocenters. The molecule has 2 rings (SSSR count). The Balaban J connectivity index is 1.69. The average Bonchev–Trinajstić information content (AvgIpc) is 2.21. The van der Waals surface area contributed by atoms with Gasteiger partial charge in [0.1, 0.15) is 0 Å². The minimum absolute atomic E-state index is 0.705. The lowest BCUT2D eigenvalue weighted by Crippen LogP contribution is -2.51. The molecule has 1 N–H and O–H groups in total. The number of nitrogens with one attached hydrogen (secondary N) is 1. The zero-order valence-electron chi connectivity index (χ0n) is 8.00. The molecule has 0 amide bonds. The van der Waals surface area contributed by atoms with Gasteiger partial charge in [-0.25, -0.2) is 5.01 Å². The molecule has 0 aromatic rings. The van der Waals surface area contributed by atoms with Crippen molar-refractivity contribution in [2.45, 2.75) is 18.9 Å². The lowest BCUT2D eigenvalue weighted by molar-refractivity contribution is 0.00459. The molecule has 0 saturated carbocycles. The molecular weight excluding hydrogens is 184 g/mol. The van der Waals surface area contributed by atoms with E-state index in [-0.39, 0.29) is 0 Å². The predicted molar refractivity (Wildman–Crippen MR) is 55.9 cm³/mol. The van der Waals surface area contributed by atoms with Gasteiger partial charge in [-0.3, -0.25) is 5.43 Å². The van der Waals surface area contributed by atoms with Crippen LogP contribution in [0.5, 0.6) is 0 Å². The molecule has 2 aliphatic rings. The second kappa shape index (κ2) is 5.20. The number of hydrogen-bond donors (Lipinski definition) is 1. The van der Waals surface area contributed by atoms with Gasteiger partial charge in [0.15, 0.2) is 0 Å². The summed E-state index contributed by atoms with van der Waals surface area (Å²) < 4.78 is 5.30. The van der Waals surface area contributed by atoms with Gasteiger partial charge in [0.05, 0.1) is 13.2 Å². The van der Waals surface area contributed by atoms with Crippen LogP contribution in [0.3, 0.4) is 0 Å². The summed E-state index contributed by atoms with van der Waals surface area (Å²) in [6, 6.07) is 0.705. The number of thioether (sulfide) groups is 1. The van der Waals surface area contributed by atoms with Crippen LogP contribution in [0, 0.1) is 0 Å². The van der Waals surface area contributed by atoms with Gasteiger partial charge in [0.2, 0.25) is 0 Å². The third kappa shape index (κ3) is 3.13. The fourth-order valence-electron chi connectivity index (χ4n) is 1.79. The first kappa shape index (κ1) is 9.77. The number of rotatable bonds is 2. The maximum absolute atomic E-state index is 5.30. The first-order valence-electron chi connectivity index (χ1n) is 5.12. The van der Waals surface area contributed by atoms with E-state index in [1.54, 1.807) is 0 Å². The highest BCUT2D eigenvalue weighted by atomic mass is 32.2. The summed E-state index contributed by atoms with van der Waals surface area (Å²) in [5, 5.41) is 2.32. The minimum atomic E-state index is 0.705. The van der Waals surface area contributed by atoms with E-state index in [4.69, 9.17) is 4.74 Å². The van der Waals surface area contributed by atoms with Crippen LogP contribution in [0.25, 0.3) is 0 Å². The molecule has 0 radical (unpaired) electrons. The molecule has 0 bridgehead atoms. The molecule has 4 heteroatoms. The van der Waals surface area contributed by atoms with Crippen molar-refractivity contribution in [2.24, 2.45) is 0 Å². The highest BCUT2D eigenvalue weighted by Crippen LogP contribution is 2.17. The maximum atomic E-state index is 5.30. The van der Waals surface area contributed by atoms with Crippen molar-refractivity contribution >= 4 is 11.8 Å². The van der Waals surface area contributed by atoms with Gasteiger partial charge < -0.3 is 4.74 Å². The van der Waals surface area contributed by atoms with E-state index in [0.29, 0.717) is 6.04 Å². The summed E-state index contributed by atoms with van der Waals surface area (Å²) in [6.45, 7) is 3.85. The molecule has 2 heterocycles. The SMILES string of the molecule is C1CSCC(NN2CCOCC2)C1. The molecule has 76 valence electrons. The Morgan fingerprint density at radius 2 is 2.15 bits per heavy atom. The summed E-state index contributed by atoms with van der Waals surface area (Å²) >= 11 is 2.07. The van der Waals surface area contributed by atoms with E-state index in [2.05, 4.69) is 22.2 Å². The number of ether oxygens (including phenoxy) is 1. The van der Waals surface area contributed by atoms with Crippen molar-refractivity contribution in [3.63, 3.8) is 0 Å². The summed E-state index contributed by atoms with van der Waals surface area (Å²) in [7, 11) is 0. The highest BCUT2D eigenvalue weighted by molar-refractivity contribution is 7.99. The van der Waals surface area contributed by atoms with Crippen molar-refractivity contribution in [2.75, 3.05) is 37.8 Å². The Kier molecular flexibility index (Phi) is 3.91. The molecule has 0 aliphatic carbocycles. The number of hydrogen-bond acceptors (Lipinski definition) is 4. The Labute approximate surface area is 84.2 Å². The van der Waals surface area contributed by atoms with Gasteiger partial charge in [-0.05, 0) is 18.6 Å². The molecule has 0 spiro atoms. The van der Waals surface area contributed by atoms with Crippen LogP contribution in [-0.4, -0.2) is 48.9 Å². The topological polar surface area (TPSA) is 24.5 Å². The smallest absolute Gasteiger partial charge is 0.0608 e. The molecule has 2 aliphatic heterocycles. The third-order valence-corrected chi connectivity index (χ3v) is 3.75. The second-order valence-electron chi connectivity index (χ2n) is 3.64. The van der Waals surface area contributed by atoms with Crippen LogP contribution in [0.4, 0.5) is 0 Å². The summed E-state index contributed by atoms with van der Waals surface area (Å²) in [5.74, 6) is 2.62. The van der Waals surface area contributed by atoms with Gasteiger partial charge in [-0.1, -0.05) is 0 Å². The Bertz CT molecular complexity index is 129. The molecule has 2 saturated heterocycles. The summed E-state index contributed by atoms with van der Waals surface area (Å²) in [4.78, 5) is 0. The van der Waals surface area contributed by atoms with Gasteiger partial charge >= 0.3 is 0 Å². The van der Waals surface area contributed by atoms with E-state index in [1.807, 2.05) is 0 Å². The van der Waals surface area contributed by atoms with E-state index < -0.39 is 0 Å². The van der Waals surface area contributed by atoms with Crippen LogP contribution >= 0.6 is 11.8 Å². The lowest BCUT2D eigenvalue weighted by Gasteiger charge is -2.33. The largest absolute Gasteiger partial charge is 0.379 e. The average molecular weight is 202 g/mol. The normalized spacial score (nSPS) is 31.8. The van der Waals surface area contributed by atoms with Crippen molar-refractivity contribution < 1.29 is 4.74 Å². The predicted octanol–water partition coefficient (Wildman–Crippen LogP) is 0.719.